The van der Waals surface area contributed by atoms with Gasteiger partial charge >= 0.3 is 0 Å². The average Bonchev–Trinajstić information content (AvgIpc) is 2.76. The van der Waals surface area contributed by atoms with E-state index in [-0.39, 0.29) is 18.4 Å². The van der Waals surface area contributed by atoms with E-state index >= 15 is 0 Å². The number of nitrogens with zero attached hydrogens (tertiary/aromatic N) is 1. The fourth-order valence-corrected chi connectivity index (χ4v) is 4.64. The molecular formula is C24H19BrN2O2S. The van der Waals surface area contributed by atoms with Crippen LogP contribution in [0.15, 0.2) is 93.1 Å². The molecule has 0 spiro atoms. The molecule has 2 amide bonds. The van der Waals surface area contributed by atoms with Gasteiger partial charge in [0.1, 0.15) is 6.54 Å². The summed E-state index contributed by atoms with van der Waals surface area (Å²) >= 11 is 4.89. The zero-order valence-electron chi connectivity index (χ0n) is 16.0. The van der Waals surface area contributed by atoms with E-state index in [9.17, 15) is 9.59 Å². The van der Waals surface area contributed by atoms with Crippen molar-refractivity contribution in [3.8, 4) is 0 Å². The van der Waals surface area contributed by atoms with Gasteiger partial charge in [0.05, 0.1) is 10.6 Å². The van der Waals surface area contributed by atoms with Crippen LogP contribution in [0.5, 0.6) is 0 Å². The maximum atomic E-state index is 13.2. The maximum absolute atomic E-state index is 13.2. The Hall–Kier alpha value is -2.83. The lowest BCUT2D eigenvalue weighted by atomic mass is 10.2. The molecule has 6 heteroatoms. The van der Waals surface area contributed by atoms with Crippen molar-refractivity contribution in [1.29, 1.82) is 0 Å². The van der Waals surface area contributed by atoms with E-state index in [1.165, 1.54) is 11.8 Å². The number of carbonyl (C=O) groups is 2. The van der Waals surface area contributed by atoms with Crippen LogP contribution >= 0.6 is 27.7 Å². The van der Waals surface area contributed by atoms with E-state index in [2.05, 4.69) is 21.2 Å². The molecule has 3 aromatic carbocycles. The molecule has 4 rings (SSSR count). The zero-order valence-corrected chi connectivity index (χ0v) is 18.4. The molecule has 0 aliphatic carbocycles. The molecule has 4 nitrogen and oxygen atoms in total. The lowest BCUT2D eigenvalue weighted by Gasteiger charge is -2.29. The van der Waals surface area contributed by atoms with E-state index in [0.717, 1.165) is 26.2 Å². The number of anilines is 1. The lowest BCUT2D eigenvalue weighted by molar-refractivity contribution is -0.122. The number of thioether (sulfide) groups is 1. The highest BCUT2D eigenvalue weighted by atomic mass is 79.9. The molecule has 3 aromatic rings. The Labute approximate surface area is 188 Å². The number of amides is 2. The molecule has 1 heterocycles. The van der Waals surface area contributed by atoms with Crippen molar-refractivity contribution in [2.75, 3.05) is 11.4 Å². The molecule has 1 N–H and O–H groups in total. The van der Waals surface area contributed by atoms with Crippen LogP contribution in [-0.2, 0) is 16.1 Å². The Morgan fingerprint density at radius 2 is 1.77 bits per heavy atom. The first-order valence-corrected chi connectivity index (χ1v) is 11.1. The van der Waals surface area contributed by atoms with Crippen LogP contribution in [0.25, 0.3) is 6.08 Å². The first-order chi connectivity index (χ1) is 14.6. The third-order valence-electron chi connectivity index (χ3n) is 4.61. The van der Waals surface area contributed by atoms with Crippen LogP contribution < -0.4 is 10.2 Å². The van der Waals surface area contributed by atoms with Gasteiger partial charge in [-0.2, -0.15) is 0 Å². The van der Waals surface area contributed by atoms with Gasteiger partial charge < -0.3 is 5.32 Å². The molecule has 0 saturated carbocycles. The monoisotopic (exact) mass is 478 g/mol. The summed E-state index contributed by atoms with van der Waals surface area (Å²) in [5.41, 5.74) is 2.70. The Bertz CT molecular complexity index is 1110. The SMILES string of the molecule is O=C(CN1C(=O)C(=Cc2cccc(Br)c2)Sc2ccccc21)NCc1ccccc1. The van der Waals surface area contributed by atoms with Crippen molar-refractivity contribution in [1.82, 2.24) is 5.32 Å². The summed E-state index contributed by atoms with van der Waals surface area (Å²) in [5.74, 6) is -0.371. The number of benzene rings is 3. The molecule has 1 aliphatic heterocycles. The summed E-state index contributed by atoms with van der Waals surface area (Å²) < 4.78 is 0.947. The van der Waals surface area contributed by atoms with Gasteiger partial charge in [0.2, 0.25) is 5.91 Å². The molecule has 150 valence electrons. The number of para-hydroxylation sites is 1. The Kier molecular flexibility index (Phi) is 6.35. The minimum absolute atomic E-state index is 0.0287. The number of halogens is 1. The van der Waals surface area contributed by atoms with Crippen LogP contribution in [-0.4, -0.2) is 18.4 Å². The normalized spacial score (nSPS) is 14.5. The van der Waals surface area contributed by atoms with Gasteiger partial charge in [0.25, 0.3) is 5.91 Å². The maximum Gasteiger partial charge on any atom is 0.265 e. The molecule has 0 radical (unpaired) electrons. The number of hydrogen-bond acceptors (Lipinski definition) is 3. The van der Waals surface area contributed by atoms with Crippen LogP contribution in [0.3, 0.4) is 0 Å². The topological polar surface area (TPSA) is 49.4 Å². The molecule has 0 bridgehead atoms. The minimum atomic E-state index is -0.198. The second kappa shape index (κ2) is 9.32. The first-order valence-electron chi connectivity index (χ1n) is 9.47. The number of fused-ring (bicyclic) bond motifs is 1. The second-order valence-electron chi connectivity index (χ2n) is 6.79. The van der Waals surface area contributed by atoms with Crippen molar-refractivity contribution in [2.24, 2.45) is 0 Å². The summed E-state index contributed by atoms with van der Waals surface area (Å²) in [5, 5.41) is 2.90. The van der Waals surface area contributed by atoms with Crippen molar-refractivity contribution in [3.05, 3.63) is 99.4 Å². The summed E-state index contributed by atoms with van der Waals surface area (Å²) in [6, 6.07) is 25.1. The Morgan fingerprint density at radius 1 is 1.00 bits per heavy atom. The third-order valence-corrected chi connectivity index (χ3v) is 6.18. The molecule has 0 unspecified atom stereocenters. The van der Waals surface area contributed by atoms with Crippen LogP contribution in [0.1, 0.15) is 11.1 Å². The Balaban J connectivity index is 1.56. The van der Waals surface area contributed by atoms with Gasteiger partial charge in [0.15, 0.2) is 0 Å². The number of carbonyl (C=O) groups excluding carboxylic acids is 2. The van der Waals surface area contributed by atoms with Gasteiger partial charge in [-0.1, -0.05) is 82.3 Å². The lowest BCUT2D eigenvalue weighted by Crippen LogP contribution is -2.42. The first kappa shape index (κ1) is 20.4. The third kappa shape index (κ3) is 4.83. The quantitative estimate of drug-likeness (QED) is 0.509. The van der Waals surface area contributed by atoms with E-state index in [4.69, 9.17) is 0 Å². The minimum Gasteiger partial charge on any atom is -0.350 e. The van der Waals surface area contributed by atoms with Crippen molar-refractivity contribution in [3.63, 3.8) is 0 Å². The smallest absolute Gasteiger partial charge is 0.265 e. The predicted molar refractivity (Wildman–Crippen MR) is 125 cm³/mol. The average molecular weight is 479 g/mol. The van der Waals surface area contributed by atoms with Crippen LogP contribution in [0, 0.1) is 0 Å². The summed E-state index contributed by atoms with van der Waals surface area (Å²) in [4.78, 5) is 28.9. The molecule has 0 aromatic heterocycles. The standard InChI is InChI=1S/C24H19BrN2O2S/c25-19-10-6-9-18(13-19)14-22-24(29)27(20-11-4-5-12-21(20)30-22)16-23(28)26-15-17-7-2-1-3-8-17/h1-14H,15-16H2,(H,26,28). The second-order valence-corrected chi connectivity index (χ2v) is 8.79. The van der Waals surface area contributed by atoms with Gasteiger partial charge in [-0.15, -0.1) is 0 Å². The van der Waals surface area contributed by atoms with Gasteiger partial charge in [0, 0.05) is 15.9 Å². The van der Waals surface area contributed by atoms with Crippen molar-refractivity contribution < 1.29 is 9.59 Å². The van der Waals surface area contributed by atoms with Gasteiger partial charge in [-0.3, -0.25) is 14.5 Å². The molecule has 1 aliphatic rings. The molecule has 0 fully saturated rings. The summed E-state index contributed by atoms with van der Waals surface area (Å²) in [6.45, 7) is 0.401. The fourth-order valence-electron chi connectivity index (χ4n) is 3.16. The van der Waals surface area contributed by atoms with E-state index in [1.807, 2.05) is 84.9 Å². The largest absolute Gasteiger partial charge is 0.350 e. The number of rotatable bonds is 5. The van der Waals surface area contributed by atoms with Gasteiger partial charge in [-0.25, -0.2) is 0 Å². The van der Waals surface area contributed by atoms with Crippen LogP contribution in [0.2, 0.25) is 0 Å². The molecular weight excluding hydrogens is 460 g/mol. The number of hydrogen-bond donors (Lipinski definition) is 1. The highest BCUT2D eigenvalue weighted by molar-refractivity contribution is 9.10. The molecule has 30 heavy (non-hydrogen) atoms. The fraction of sp³-hybridized carbons (Fsp3) is 0.0833. The van der Waals surface area contributed by atoms with Crippen molar-refractivity contribution in [2.45, 2.75) is 11.4 Å². The van der Waals surface area contributed by atoms with E-state index in [1.54, 1.807) is 4.90 Å². The summed E-state index contributed by atoms with van der Waals surface area (Å²) in [6.07, 6.45) is 1.86. The number of nitrogens with one attached hydrogen (secondary N) is 1. The molecule has 0 atom stereocenters. The van der Waals surface area contributed by atoms with Gasteiger partial charge in [-0.05, 0) is 41.5 Å². The zero-order chi connectivity index (χ0) is 20.9. The van der Waals surface area contributed by atoms with E-state index in [0.29, 0.717) is 11.4 Å². The molecule has 0 saturated heterocycles. The van der Waals surface area contributed by atoms with Crippen molar-refractivity contribution >= 4 is 51.3 Å². The van der Waals surface area contributed by atoms with E-state index < -0.39 is 0 Å². The van der Waals surface area contributed by atoms with Crippen LogP contribution in [0.4, 0.5) is 5.69 Å². The predicted octanol–water partition coefficient (Wildman–Crippen LogP) is 5.25. The highest BCUT2D eigenvalue weighted by Crippen LogP contribution is 2.41. The summed E-state index contributed by atoms with van der Waals surface area (Å²) in [7, 11) is 0. The Morgan fingerprint density at radius 3 is 2.57 bits per heavy atom. The highest BCUT2D eigenvalue weighted by Gasteiger charge is 2.30.